The minimum Gasteiger partial charge on any atom is -0.480 e. The van der Waals surface area contributed by atoms with Gasteiger partial charge in [-0.25, -0.2) is 4.79 Å². The SMILES string of the molecule is CC(C)CC(N)C(=O)NC(C(=O)NC(CCCCN)C(=O)NC(CO)C(=O)O)C(C)O. The van der Waals surface area contributed by atoms with Crippen LogP contribution in [0.2, 0.25) is 0 Å². The summed E-state index contributed by atoms with van der Waals surface area (Å²) in [4.78, 5) is 48.5. The van der Waals surface area contributed by atoms with E-state index in [1.54, 1.807) is 0 Å². The zero-order valence-corrected chi connectivity index (χ0v) is 18.3. The number of hydrogen-bond donors (Lipinski definition) is 8. The highest BCUT2D eigenvalue weighted by Gasteiger charge is 2.32. The van der Waals surface area contributed by atoms with Gasteiger partial charge < -0.3 is 42.7 Å². The maximum Gasteiger partial charge on any atom is 0.328 e. The van der Waals surface area contributed by atoms with Crippen molar-refractivity contribution in [2.24, 2.45) is 17.4 Å². The number of aliphatic carboxylic acids is 1. The lowest BCUT2D eigenvalue weighted by Crippen LogP contribution is -2.60. The van der Waals surface area contributed by atoms with E-state index < -0.39 is 60.6 Å². The molecule has 0 aliphatic carbocycles. The molecular formula is C19H37N5O7. The monoisotopic (exact) mass is 447 g/mol. The Balaban J connectivity index is 5.32. The number of nitrogens with two attached hydrogens (primary N) is 2. The molecule has 0 heterocycles. The normalized spacial score (nSPS) is 16.0. The van der Waals surface area contributed by atoms with Gasteiger partial charge >= 0.3 is 5.97 Å². The van der Waals surface area contributed by atoms with Crippen LogP contribution in [0.5, 0.6) is 0 Å². The third kappa shape index (κ3) is 11.1. The van der Waals surface area contributed by atoms with Crippen LogP contribution in [0, 0.1) is 5.92 Å². The number of aliphatic hydroxyl groups is 2. The highest BCUT2D eigenvalue weighted by Crippen LogP contribution is 2.06. The Hall–Kier alpha value is -2.28. The smallest absolute Gasteiger partial charge is 0.328 e. The molecule has 10 N–H and O–H groups in total. The molecule has 0 bridgehead atoms. The fraction of sp³-hybridized carbons (Fsp3) is 0.789. The van der Waals surface area contributed by atoms with Crippen LogP contribution in [0.25, 0.3) is 0 Å². The lowest BCUT2D eigenvalue weighted by molar-refractivity contribution is -0.143. The van der Waals surface area contributed by atoms with Gasteiger partial charge in [0.1, 0.15) is 18.1 Å². The van der Waals surface area contributed by atoms with Crippen molar-refractivity contribution in [2.45, 2.75) is 76.7 Å². The lowest BCUT2D eigenvalue weighted by atomic mass is 10.0. The average Bonchev–Trinajstić information content (AvgIpc) is 2.67. The zero-order chi connectivity index (χ0) is 24.1. The quantitative estimate of drug-likeness (QED) is 0.123. The first-order valence-corrected chi connectivity index (χ1v) is 10.3. The molecule has 0 aromatic carbocycles. The van der Waals surface area contributed by atoms with Gasteiger partial charge in [0.25, 0.3) is 0 Å². The molecule has 0 radical (unpaired) electrons. The van der Waals surface area contributed by atoms with Crippen molar-refractivity contribution >= 4 is 23.7 Å². The van der Waals surface area contributed by atoms with Crippen molar-refractivity contribution in [3.05, 3.63) is 0 Å². The molecule has 12 nitrogen and oxygen atoms in total. The van der Waals surface area contributed by atoms with Gasteiger partial charge in [0, 0.05) is 0 Å². The molecule has 0 aromatic heterocycles. The van der Waals surface area contributed by atoms with E-state index in [1.165, 1.54) is 6.92 Å². The van der Waals surface area contributed by atoms with Gasteiger partial charge in [0.2, 0.25) is 17.7 Å². The number of carboxylic acids is 1. The second-order valence-corrected chi connectivity index (χ2v) is 7.89. The van der Waals surface area contributed by atoms with Crippen molar-refractivity contribution < 1.29 is 34.5 Å². The number of carbonyl (C=O) groups excluding carboxylic acids is 3. The van der Waals surface area contributed by atoms with Gasteiger partial charge in [-0.15, -0.1) is 0 Å². The van der Waals surface area contributed by atoms with Crippen molar-refractivity contribution in [1.82, 2.24) is 16.0 Å². The summed E-state index contributed by atoms with van der Waals surface area (Å²) in [6, 6.07) is -4.94. The largest absolute Gasteiger partial charge is 0.480 e. The second kappa shape index (κ2) is 14.7. The molecule has 180 valence electrons. The maximum atomic E-state index is 12.7. The minimum atomic E-state index is -1.54. The number of aliphatic hydroxyl groups excluding tert-OH is 2. The molecule has 3 amide bonds. The van der Waals surface area contributed by atoms with Gasteiger partial charge in [-0.3, -0.25) is 14.4 Å². The minimum absolute atomic E-state index is 0.139. The summed E-state index contributed by atoms with van der Waals surface area (Å²) < 4.78 is 0. The third-order valence-corrected chi connectivity index (χ3v) is 4.50. The van der Waals surface area contributed by atoms with Gasteiger partial charge in [-0.05, 0) is 45.1 Å². The molecule has 0 spiro atoms. The van der Waals surface area contributed by atoms with Crippen molar-refractivity contribution in [2.75, 3.05) is 13.2 Å². The van der Waals surface area contributed by atoms with E-state index in [-0.39, 0.29) is 12.3 Å². The molecule has 0 aromatic rings. The number of carbonyl (C=O) groups is 4. The molecule has 0 aliphatic rings. The van der Waals surface area contributed by atoms with E-state index in [1.807, 2.05) is 13.8 Å². The topological polar surface area (TPSA) is 217 Å². The van der Waals surface area contributed by atoms with Crippen molar-refractivity contribution in [3.8, 4) is 0 Å². The van der Waals surface area contributed by atoms with Crippen LogP contribution in [-0.4, -0.2) is 82.4 Å². The average molecular weight is 448 g/mol. The van der Waals surface area contributed by atoms with Crippen molar-refractivity contribution in [1.29, 1.82) is 0 Å². The van der Waals surface area contributed by atoms with Crippen LogP contribution in [0.15, 0.2) is 0 Å². The second-order valence-electron chi connectivity index (χ2n) is 7.89. The molecule has 0 saturated heterocycles. The van der Waals surface area contributed by atoms with Crippen LogP contribution in [0.1, 0.15) is 46.5 Å². The summed E-state index contributed by atoms with van der Waals surface area (Å²) >= 11 is 0. The number of rotatable bonds is 15. The standard InChI is InChI=1S/C19H37N5O7/c1-10(2)8-12(21)16(27)24-15(11(3)26)18(29)22-13(6-4-5-7-20)17(28)23-14(9-25)19(30)31/h10-15,25-26H,4-9,20-21H2,1-3H3,(H,22,29)(H,23,28)(H,24,27)(H,30,31). The van der Waals surface area contributed by atoms with E-state index in [2.05, 4.69) is 16.0 Å². The summed E-state index contributed by atoms with van der Waals surface area (Å²) in [5, 5.41) is 35.0. The number of amides is 3. The molecule has 0 fully saturated rings. The Morgan fingerprint density at radius 2 is 1.48 bits per heavy atom. The number of nitrogens with one attached hydrogen (secondary N) is 3. The van der Waals surface area contributed by atoms with E-state index in [0.29, 0.717) is 25.8 Å². The molecule has 0 saturated carbocycles. The Kier molecular flexibility index (Phi) is 13.6. The summed E-state index contributed by atoms with van der Waals surface area (Å²) in [5.41, 5.74) is 11.3. The Morgan fingerprint density at radius 3 is 1.94 bits per heavy atom. The van der Waals surface area contributed by atoms with Gasteiger partial charge in [0.15, 0.2) is 0 Å². The Morgan fingerprint density at radius 1 is 0.903 bits per heavy atom. The number of carboxylic acid groups (broad SMARTS) is 1. The lowest BCUT2D eigenvalue weighted by Gasteiger charge is -2.26. The fourth-order valence-corrected chi connectivity index (χ4v) is 2.76. The van der Waals surface area contributed by atoms with E-state index in [0.717, 1.165) is 0 Å². The van der Waals surface area contributed by atoms with Crippen LogP contribution < -0.4 is 27.4 Å². The third-order valence-electron chi connectivity index (χ3n) is 4.50. The van der Waals surface area contributed by atoms with E-state index in [9.17, 15) is 24.3 Å². The maximum absolute atomic E-state index is 12.7. The predicted molar refractivity (Wildman–Crippen MR) is 113 cm³/mol. The van der Waals surface area contributed by atoms with Gasteiger partial charge in [0.05, 0.1) is 18.8 Å². The first-order chi connectivity index (χ1) is 14.4. The predicted octanol–water partition coefficient (Wildman–Crippen LogP) is -2.60. The summed E-state index contributed by atoms with van der Waals surface area (Å²) in [6.07, 6.45) is 0.244. The molecule has 5 unspecified atom stereocenters. The van der Waals surface area contributed by atoms with Crippen LogP contribution in [-0.2, 0) is 19.2 Å². The zero-order valence-electron chi connectivity index (χ0n) is 18.3. The van der Waals surface area contributed by atoms with Gasteiger partial charge in [-0.2, -0.15) is 0 Å². The summed E-state index contributed by atoms with van der Waals surface area (Å²) in [5.74, 6) is -3.56. The summed E-state index contributed by atoms with van der Waals surface area (Å²) in [7, 11) is 0. The molecule has 5 atom stereocenters. The molecule has 31 heavy (non-hydrogen) atoms. The van der Waals surface area contributed by atoms with Crippen LogP contribution in [0.4, 0.5) is 0 Å². The van der Waals surface area contributed by atoms with Gasteiger partial charge in [-0.1, -0.05) is 13.8 Å². The van der Waals surface area contributed by atoms with Crippen LogP contribution >= 0.6 is 0 Å². The number of unbranched alkanes of at least 4 members (excludes halogenated alkanes) is 1. The Labute approximate surface area is 182 Å². The van der Waals surface area contributed by atoms with E-state index in [4.69, 9.17) is 21.7 Å². The fourth-order valence-electron chi connectivity index (χ4n) is 2.76. The first kappa shape index (κ1) is 28.7. The molecule has 0 rings (SSSR count). The van der Waals surface area contributed by atoms with E-state index >= 15 is 0 Å². The first-order valence-electron chi connectivity index (χ1n) is 10.3. The number of hydrogen-bond acceptors (Lipinski definition) is 8. The summed E-state index contributed by atoms with van der Waals surface area (Å²) in [6.45, 7) is 4.59. The molecule has 12 heteroatoms. The van der Waals surface area contributed by atoms with Crippen LogP contribution in [0.3, 0.4) is 0 Å². The highest BCUT2D eigenvalue weighted by atomic mass is 16.4. The highest BCUT2D eigenvalue weighted by molar-refractivity contribution is 5.94. The molecular weight excluding hydrogens is 410 g/mol. The molecule has 0 aliphatic heterocycles. The van der Waals surface area contributed by atoms with Crippen molar-refractivity contribution in [3.63, 3.8) is 0 Å². The Bertz CT molecular complexity index is 600.